The highest BCUT2D eigenvalue weighted by Gasteiger charge is 2.16. The average Bonchev–Trinajstić information content (AvgIpc) is 2.74. The second kappa shape index (κ2) is 9.25. The van der Waals surface area contributed by atoms with Crippen molar-refractivity contribution < 1.29 is 13.2 Å². The van der Waals surface area contributed by atoms with E-state index in [1.807, 2.05) is 42.5 Å². The molecule has 144 valence electrons. The molecule has 7 heteroatoms. The molecule has 6 nitrogen and oxygen atoms in total. The van der Waals surface area contributed by atoms with Gasteiger partial charge in [-0.15, -0.1) is 0 Å². The van der Waals surface area contributed by atoms with Crippen LogP contribution in [0.25, 0.3) is 0 Å². The Morgan fingerprint density at radius 1 is 0.929 bits per heavy atom. The number of nitrogens with zero attached hydrogens (tertiary/aromatic N) is 1. The number of carbonyl (C=O) groups is 1. The topological polar surface area (TPSA) is 88.2 Å². The Kier molecular flexibility index (Phi) is 6.52. The molecule has 0 bridgehead atoms. The molecular formula is C21H21N3O3S. The number of pyridine rings is 1. The predicted octanol–water partition coefficient (Wildman–Crippen LogP) is 2.53. The fourth-order valence-electron chi connectivity index (χ4n) is 2.63. The summed E-state index contributed by atoms with van der Waals surface area (Å²) in [5, 5.41) is 2.80. The normalized spacial score (nSPS) is 11.1. The Balaban J connectivity index is 1.61. The number of amides is 1. The number of aromatic nitrogens is 1. The van der Waals surface area contributed by atoms with Crippen LogP contribution in [0.15, 0.2) is 84.0 Å². The molecule has 3 aromatic rings. The highest BCUT2D eigenvalue weighted by molar-refractivity contribution is 7.89. The first-order chi connectivity index (χ1) is 13.5. The second-order valence-corrected chi connectivity index (χ2v) is 7.97. The zero-order valence-corrected chi connectivity index (χ0v) is 16.0. The Morgan fingerprint density at radius 3 is 2.46 bits per heavy atom. The molecule has 0 aliphatic carbocycles. The van der Waals surface area contributed by atoms with Gasteiger partial charge in [0.05, 0.1) is 4.90 Å². The molecule has 0 atom stereocenters. The van der Waals surface area contributed by atoms with Crippen LogP contribution < -0.4 is 10.0 Å². The fourth-order valence-corrected chi connectivity index (χ4v) is 3.69. The van der Waals surface area contributed by atoms with E-state index < -0.39 is 10.0 Å². The molecule has 0 fully saturated rings. The number of hydrogen-bond donors (Lipinski definition) is 2. The summed E-state index contributed by atoms with van der Waals surface area (Å²) in [4.78, 5) is 16.4. The molecule has 0 saturated carbocycles. The van der Waals surface area contributed by atoms with Gasteiger partial charge in [0.1, 0.15) is 0 Å². The van der Waals surface area contributed by atoms with Crippen molar-refractivity contribution in [2.75, 3.05) is 6.54 Å². The van der Waals surface area contributed by atoms with Crippen molar-refractivity contribution in [2.24, 2.45) is 0 Å². The van der Waals surface area contributed by atoms with Gasteiger partial charge in [0.2, 0.25) is 10.0 Å². The van der Waals surface area contributed by atoms with Gasteiger partial charge in [0.25, 0.3) is 5.91 Å². The Bertz CT molecular complexity index is 1020. The largest absolute Gasteiger partial charge is 0.352 e. The van der Waals surface area contributed by atoms with E-state index in [-0.39, 0.29) is 17.3 Å². The first-order valence-electron chi connectivity index (χ1n) is 8.85. The van der Waals surface area contributed by atoms with Crippen molar-refractivity contribution in [3.63, 3.8) is 0 Å². The fraction of sp³-hybridized carbons (Fsp3) is 0.143. The van der Waals surface area contributed by atoms with Crippen LogP contribution in [-0.2, 0) is 23.0 Å². The van der Waals surface area contributed by atoms with Gasteiger partial charge in [-0.3, -0.25) is 9.78 Å². The van der Waals surface area contributed by atoms with Crippen molar-refractivity contribution in [3.8, 4) is 0 Å². The monoisotopic (exact) mass is 395 g/mol. The lowest BCUT2D eigenvalue weighted by molar-refractivity contribution is 0.0954. The maximum atomic E-state index is 12.5. The maximum absolute atomic E-state index is 12.5. The molecule has 0 unspecified atom stereocenters. The molecule has 28 heavy (non-hydrogen) atoms. The summed E-state index contributed by atoms with van der Waals surface area (Å²) in [5.41, 5.74) is 2.17. The first kappa shape index (κ1) is 19.7. The minimum Gasteiger partial charge on any atom is -0.352 e. The number of sulfonamides is 1. The van der Waals surface area contributed by atoms with Gasteiger partial charge in [0.15, 0.2) is 0 Å². The quantitative estimate of drug-likeness (QED) is 0.613. The van der Waals surface area contributed by atoms with Gasteiger partial charge in [-0.25, -0.2) is 13.1 Å². The van der Waals surface area contributed by atoms with Gasteiger partial charge >= 0.3 is 0 Å². The van der Waals surface area contributed by atoms with Gasteiger partial charge in [0, 0.05) is 31.0 Å². The molecule has 0 saturated heterocycles. The van der Waals surface area contributed by atoms with Crippen LogP contribution in [0.3, 0.4) is 0 Å². The molecule has 1 aromatic heterocycles. The van der Waals surface area contributed by atoms with Gasteiger partial charge in [-0.05, 0) is 41.8 Å². The number of nitrogens with one attached hydrogen (secondary N) is 2. The number of carbonyl (C=O) groups excluding carboxylic acids is 1. The third-order valence-electron chi connectivity index (χ3n) is 4.14. The molecule has 3 rings (SSSR count). The van der Waals surface area contributed by atoms with Crippen molar-refractivity contribution in [2.45, 2.75) is 17.9 Å². The number of rotatable bonds is 8. The summed E-state index contributed by atoms with van der Waals surface area (Å²) in [6.45, 7) is 0.623. The smallest absolute Gasteiger partial charge is 0.251 e. The zero-order valence-electron chi connectivity index (χ0n) is 15.2. The summed E-state index contributed by atoms with van der Waals surface area (Å²) < 4.78 is 27.6. The number of hydrogen-bond acceptors (Lipinski definition) is 4. The van der Waals surface area contributed by atoms with Crippen LogP contribution in [0.4, 0.5) is 0 Å². The summed E-state index contributed by atoms with van der Waals surface area (Å²) in [7, 11) is -3.72. The van der Waals surface area contributed by atoms with E-state index >= 15 is 0 Å². The van der Waals surface area contributed by atoms with Gasteiger partial charge in [-0.2, -0.15) is 0 Å². The zero-order chi connectivity index (χ0) is 19.8. The lowest BCUT2D eigenvalue weighted by Gasteiger charge is -2.09. The van der Waals surface area contributed by atoms with Gasteiger partial charge < -0.3 is 5.32 Å². The third-order valence-corrected chi connectivity index (χ3v) is 5.54. The summed E-state index contributed by atoms with van der Waals surface area (Å²) >= 11 is 0. The van der Waals surface area contributed by atoms with Crippen molar-refractivity contribution in [1.29, 1.82) is 0 Å². The van der Waals surface area contributed by atoms with Crippen LogP contribution in [-0.4, -0.2) is 25.9 Å². The van der Waals surface area contributed by atoms with E-state index in [1.165, 1.54) is 12.1 Å². The molecule has 0 radical (unpaired) electrons. The number of benzene rings is 2. The molecule has 1 amide bonds. The highest BCUT2D eigenvalue weighted by Crippen LogP contribution is 2.12. The Labute approximate surface area is 164 Å². The van der Waals surface area contributed by atoms with Crippen molar-refractivity contribution >= 4 is 15.9 Å². The molecule has 2 aromatic carbocycles. The average molecular weight is 395 g/mol. The molecule has 2 N–H and O–H groups in total. The minimum absolute atomic E-state index is 0.0586. The summed E-state index contributed by atoms with van der Waals surface area (Å²) in [6.07, 6.45) is 4.09. The van der Waals surface area contributed by atoms with E-state index in [1.54, 1.807) is 24.5 Å². The van der Waals surface area contributed by atoms with E-state index in [4.69, 9.17) is 0 Å². The van der Waals surface area contributed by atoms with E-state index in [0.29, 0.717) is 18.5 Å². The van der Waals surface area contributed by atoms with E-state index in [2.05, 4.69) is 15.0 Å². The minimum atomic E-state index is -3.72. The molecular weight excluding hydrogens is 374 g/mol. The SMILES string of the molecule is O=C(NCCc1cccnc1)c1cccc(S(=O)(=O)NCc2ccccc2)c1. The lowest BCUT2D eigenvalue weighted by Crippen LogP contribution is -2.27. The molecule has 0 spiro atoms. The van der Waals surface area contributed by atoms with Crippen LogP contribution in [0, 0.1) is 0 Å². The van der Waals surface area contributed by atoms with E-state index in [0.717, 1.165) is 11.1 Å². The summed E-state index contributed by atoms with van der Waals surface area (Å²) in [6, 6.07) is 19.0. The van der Waals surface area contributed by atoms with Gasteiger partial charge in [-0.1, -0.05) is 42.5 Å². The predicted molar refractivity (Wildman–Crippen MR) is 107 cm³/mol. The summed E-state index contributed by atoms with van der Waals surface area (Å²) in [5.74, 6) is -0.316. The lowest BCUT2D eigenvalue weighted by atomic mass is 10.2. The second-order valence-electron chi connectivity index (χ2n) is 6.21. The Morgan fingerprint density at radius 2 is 1.71 bits per heavy atom. The van der Waals surface area contributed by atoms with Crippen molar-refractivity contribution in [3.05, 3.63) is 95.8 Å². The molecule has 1 heterocycles. The maximum Gasteiger partial charge on any atom is 0.251 e. The van der Waals surface area contributed by atoms with Crippen LogP contribution in [0.5, 0.6) is 0 Å². The molecule has 0 aliphatic heterocycles. The third kappa shape index (κ3) is 5.48. The van der Waals surface area contributed by atoms with Crippen molar-refractivity contribution in [1.82, 2.24) is 15.0 Å². The standard InChI is InChI=1S/C21H21N3O3S/c25-21(23-13-11-18-8-5-12-22-15-18)19-9-4-10-20(14-19)28(26,27)24-16-17-6-2-1-3-7-17/h1-10,12,14-15,24H,11,13,16H2,(H,23,25). The molecule has 0 aliphatic rings. The first-order valence-corrected chi connectivity index (χ1v) is 10.3. The Hall–Kier alpha value is -3.03. The van der Waals surface area contributed by atoms with Crippen LogP contribution in [0.2, 0.25) is 0 Å². The van der Waals surface area contributed by atoms with Crippen LogP contribution in [0.1, 0.15) is 21.5 Å². The highest BCUT2D eigenvalue weighted by atomic mass is 32.2. The van der Waals surface area contributed by atoms with E-state index in [9.17, 15) is 13.2 Å². The van der Waals surface area contributed by atoms with Crippen LogP contribution >= 0.6 is 0 Å².